The molecule has 2 aliphatic rings. The van der Waals surface area contributed by atoms with Crippen LogP contribution in [0.2, 0.25) is 0 Å². The molecule has 1 unspecified atom stereocenters. The summed E-state index contributed by atoms with van der Waals surface area (Å²) in [5.41, 5.74) is 2.80. The lowest BCUT2D eigenvalue weighted by molar-refractivity contribution is 0.0866. The van der Waals surface area contributed by atoms with Crippen LogP contribution in [-0.2, 0) is 0 Å². The fourth-order valence-corrected chi connectivity index (χ4v) is 4.01. The lowest BCUT2D eigenvalue weighted by Crippen LogP contribution is -2.32. The Labute approximate surface area is 152 Å². The largest absolute Gasteiger partial charge is 0.493 e. The average Bonchev–Trinajstić information content (AvgIpc) is 3.12. The summed E-state index contributed by atoms with van der Waals surface area (Å²) in [5, 5.41) is 0. The van der Waals surface area contributed by atoms with Crippen LogP contribution in [0.4, 0.5) is 0 Å². The van der Waals surface area contributed by atoms with Gasteiger partial charge >= 0.3 is 0 Å². The van der Waals surface area contributed by atoms with Gasteiger partial charge in [-0.15, -0.1) is 0 Å². The molecule has 136 valence electrons. The average molecular weight is 354 g/mol. The third-order valence-electron chi connectivity index (χ3n) is 5.64. The van der Waals surface area contributed by atoms with Crippen LogP contribution in [0.3, 0.4) is 0 Å². The highest BCUT2D eigenvalue weighted by molar-refractivity contribution is 6.01. The second-order valence-corrected chi connectivity index (χ2v) is 6.90. The number of Topliss-reactive ketones (excluding diaryl/α,β-unsaturated/α-hetero) is 1. The summed E-state index contributed by atoms with van der Waals surface area (Å²) >= 11 is 0. The molecule has 1 aliphatic carbocycles. The van der Waals surface area contributed by atoms with Gasteiger partial charge in [0, 0.05) is 17.4 Å². The Morgan fingerprint density at radius 1 is 0.962 bits per heavy atom. The van der Waals surface area contributed by atoms with Crippen molar-refractivity contribution in [2.24, 2.45) is 11.8 Å². The third-order valence-corrected chi connectivity index (χ3v) is 5.64. The Bertz CT molecular complexity index is 873. The highest BCUT2D eigenvalue weighted by Gasteiger charge is 2.39. The van der Waals surface area contributed by atoms with E-state index in [9.17, 15) is 4.79 Å². The molecule has 0 saturated carbocycles. The van der Waals surface area contributed by atoms with Crippen LogP contribution in [0.1, 0.15) is 41.3 Å². The standard InChI is InChI=1S/C21H22O5/c1-11-12(2)21(22)15-9-19-18(25-10-26-19)8-14(15)20(11)13-5-6-16(23-3)17(7-13)24-4/h5-9,11-12,20H,10H2,1-4H3/t11?,12-,20-/m1/s1. The van der Waals surface area contributed by atoms with Crippen molar-refractivity contribution in [1.82, 2.24) is 0 Å². The predicted molar refractivity (Wildman–Crippen MR) is 96.6 cm³/mol. The quantitative estimate of drug-likeness (QED) is 0.833. The van der Waals surface area contributed by atoms with Crippen molar-refractivity contribution in [3.05, 3.63) is 47.0 Å². The molecule has 0 saturated heterocycles. The smallest absolute Gasteiger partial charge is 0.231 e. The first-order valence-corrected chi connectivity index (χ1v) is 8.74. The number of ketones is 1. The van der Waals surface area contributed by atoms with E-state index in [1.54, 1.807) is 14.2 Å². The van der Waals surface area contributed by atoms with Crippen LogP contribution in [0.15, 0.2) is 30.3 Å². The SMILES string of the molecule is COc1ccc([C@@H]2c3cc4c(cc3C(=O)[C@H](C)C2C)OCO4)cc1OC. The van der Waals surface area contributed by atoms with E-state index < -0.39 is 0 Å². The topological polar surface area (TPSA) is 54.0 Å². The summed E-state index contributed by atoms with van der Waals surface area (Å²) in [5.74, 6) is 3.00. The summed E-state index contributed by atoms with van der Waals surface area (Å²) < 4.78 is 21.9. The highest BCUT2D eigenvalue weighted by Crippen LogP contribution is 2.48. The minimum Gasteiger partial charge on any atom is -0.493 e. The van der Waals surface area contributed by atoms with Gasteiger partial charge in [0.05, 0.1) is 14.2 Å². The summed E-state index contributed by atoms with van der Waals surface area (Å²) in [6, 6.07) is 9.74. The van der Waals surface area contributed by atoms with Gasteiger partial charge in [0.2, 0.25) is 6.79 Å². The van der Waals surface area contributed by atoms with Crippen molar-refractivity contribution in [1.29, 1.82) is 0 Å². The second-order valence-electron chi connectivity index (χ2n) is 6.90. The van der Waals surface area contributed by atoms with Crippen LogP contribution < -0.4 is 18.9 Å². The Kier molecular flexibility index (Phi) is 4.02. The lowest BCUT2D eigenvalue weighted by Gasteiger charge is -2.35. The Morgan fingerprint density at radius 3 is 2.35 bits per heavy atom. The van der Waals surface area contributed by atoms with Crippen LogP contribution >= 0.6 is 0 Å². The van der Waals surface area contributed by atoms with E-state index in [1.165, 1.54) is 0 Å². The van der Waals surface area contributed by atoms with E-state index in [-0.39, 0.29) is 30.3 Å². The molecule has 0 aromatic heterocycles. The lowest BCUT2D eigenvalue weighted by atomic mass is 9.67. The molecule has 2 aromatic rings. The van der Waals surface area contributed by atoms with Gasteiger partial charge in [-0.2, -0.15) is 0 Å². The summed E-state index contributed by atoms with van der Waals surface area (Å²) in [6.07, 6.45) is 0. The minimum atomic E-state index is -0.0824. The van der Waals surface area contributed by atoms with Gasteiger partial charge < -0.3 is 18.9 Å². The number of hydrogen-bond donors (Lipinski definition) is 0. The molecule has 4 rings (SSSR count). The first kappa shape index (κ1) is 16.8. The number of rotatable bonds is 3. The van der Waals surface area contributed by atoms with Crippen molar-refractivity contribution in [2.45, 2.75) is 19.8 Å². The van der Waals surface area contributed by atoms with E-state index in [0.29, 0.717) is 23.0 Å². The summed E-state index contributed by atoms with van der Waals surface area (Å²) in [7, 11) is 3.25. The molecular formula is C21H22O5. The minimum absolute atomic E-state index is 0.0620. The molecule has 1 heterocycles. The molecule has 5 nitrogen and oxygen atoms in total. The number of carbonyl (C=O) groups excluding carboxylic acids is 1. The Morgan fingerprint density at radius 2 is 1.65 bits per heavy atom. The van der Waals surface area contributed by atoms with E-state index in [2.05, 4.69) is 6.92 Å². The third kappa shape index (κ3) is 2.42. The fraction of sp³-hybridized carbons (Fsp3) is 0.381. The zero-order chi connectivity index (χ0) is 18.4. The van der Waals surface area contributed by atoms with Gasteiger partial charge in [0.15, 0.2) is 28.8 Å². The van der Waals surface area contributed by atoms with E-state index >= 15 is 0 Å². The van der Waals surface area contributed by atoms with Crippen LogP contribution in [0.25, 0.3) is 0 Å². The Balaban J connectivity index is 1.89. The van der Waals surface area contributed by atoms with Crippen LogP contribution in [0.5, 0.6) is 23.0 Å². The van der Waals surface area contributed by atoms with Gasteiger partial charge in [-0.1, -0.05) is 19.9 Å². The number of carbonyl (C=O) groups is 1. The first-order chi connectivity index (χ1) is 12.5. The number of methoxy groups -OCH3 is 2. The number of benzene rings is 2. The van der Waals surface area contributed by atoms with Crippen molar-refractivity contribution < 1.29 is 23.7 Å². The zero-order valence-electron chi connectivity index (χ0n) is 15.4. The maximum atomic E-state index is 12.9. The maximum Gasteiger partial charge on any atom is 0.231 e. The van der Waals surface area contributed by atoms with Crippen LogP contribution in [0, 0.1) is 11.8 Å². The number of ether oxygens (including phenoxy) is 4. The van der Waals surface area contributed by atoms with Gasteiger partial charge in [-0.25, -0.2) is 0 Å². The maximum absolute atomic E-state index is 12.9. The Hall–Kier alpha value is -2.69. The number of fused-ring (bicyclic) bond motifs is 2. The molecule has 3 atom stereocenters. The predicted octanol–water partition coefficient (Wildman–Crippen LogP) is 4.03. The fourth-order valence-electron chi connectivity index (χ4n) is 4.01. The molecule has 0 radical (unpaired) electrons. The van der Waals surface area contributed by atoms with Crippen molar-refractivity contribution >= 4 is 5.78 Å². The monoisotopic (exact) mass is 354 g/mol. The summed E-state index contributed by atoms with van der Waals surface area (Å²) in [4.78, 5) is 12.9. The zero-order valence-corrected chi connectivity index (χ0v) is 15.4. The molecule has 26 heavy (non-hydrogen) atoms. The van der Waals surface area contributed by atoms with Crippen molar-refractivity contribution in [3.63, 3.8) is 0 Å². The number of hydrogen-bond acceptors (Lipinski definition) is 5. The second kappa shape index (κ2) is 6.24. The molecule has 0 fully saturated rings. The van der Waals surface area contributed by atoms with Crippen molar-refractivity contribution in [2.75, 3.05) is 21.0 Å². The van der Waals surface area contributed by atoms with Gasteiger partial charge in [-0.05, 0) is 41.3 Å². The normalized spacial score (nSPS) is 23.5. The molecule has 0 N–H and O–H groups in total. The van der Waals surface area contributed by atoms with E-state index in [1.807, 2.05) is 37.3 Å². The molecule has 5 heteroatoms. The van der Waals surface area contributed by atoms with Gasteiger partial charge in [-0.3, -0.25) is 4.79 Å². The molecule has 0 spiro atoms. The molecule has 0 bridgehead atoms. The first-order valence-electron chi connectivity index (χ1n) is 8.74. The summed E-state index contributed by atoms with van der Waals surface area (Å²) in [6.45, 7) is 4.31. The molecule has 1 aliphatic heterocycles. The molecule has 2 aromatic carbocycles. The van der Waals surface area contributed by atoms with Gasteiger partial charge in [0.25, 0.3) is 0 Å². The molecule has 0 amide bonds. The van der Waals surface area contributed by atoms with Crippen molar-refractivity contribution in [3.8, 4) is 23.0 Å². The van der Waals surface area contributed by atoms with Gasteiger partial charge in [0.1, 0.15) is 0 Å². The van der Waals surface area contributed by atoms with E-state index in [4.69, 9.17) is 18.9 Å². The molecular weight excluding hydrogens is 332 g/mol. The highest BCUT2D eigenvalue weighted by atomic mass is 16.7. The van der Waals surface area contributed by atoms with E-state index in [0.717, 1.165) is 16.7 Å². The van der Waals surface area contributed by atoms with Crippen LogP contribution in [-0.4, -0.2) is 26.8 Å².